The molecule has 0 aromatic heterocycles. The first-order valence-corrected chi connectivity index (χ1v) is 3.81. The Hall–Kier alpha value is -0.340. The van der Waals surface area contributed by atoms with Crippen LogP contribution in [0.4, 0.5) is 0 Å². The first-order chi connectivity index (χ1) is 4.77. The van der Waals surface area contributed by atoms with Crippen LogP contribution in [0.3, 0.4) is 0 Å². The summed E-state index contributed by atoms with van der Waals surface area (Å²) < 4.78 is 0. The summed E-state index contributed by atoms with van der Waals surface area (Å²) in [6, 6.07) is 0. The predicted molar refractivity (Wildman–Crippen MR) is 41.9 cm³/mol. The van der Waals surface area contributed by atoms with Gasteiger partial charge in [0.1, 0.15) is 0 Å². The highest BCUT2D eigenvalue weighted by Crippen LogP contribution is 2.30. The highest BCUT2D eigenvalue weighted by molar-refractivity contribution is 4.90. The molecule has 0 aromatic rings. The van der Waals surface area contributed by atoms with Crippen molar-refractivity contribution in [3.8, 4) is 0 Å². The maximum absolute atomic E-state index is 9.54. The van der Waals surface area contributed by atoms with Crippen molar-refractivity contribution in [2.75, 3.05) is 13.1 Å². The van der Waals surface area contributed by atoms with E-state index in [1.165, 1.54) is 6.42 Å². The van der Waals surface area contributed by atoms with Crippen molar-refractivity contribution in [3.63, 3.8) is 0 Å². The molecule has 2 N–H and O–H groups in total. The highest BCUT2D eigenvalue weighted by atomic mass is 16.3. The van der Waals surface area contributed by atoms with Gasteiger partial charge in [-0.15, -0.1) is 6.58 Å². The summed E-state index contributed by atoms with van der Waals surface area (Å²) in [5.41, 5.74) is -0.386. The Bertz CT molecular complexity index is 118. The number of hydrogen-bond acceptors (Lipinski definition) is 2. The van der Waals surface area contributed by atoms with E-state index >= 15 is 0 Å². The average molecular weight is 141 g/mol. The van der Waals surface area contributed by atoms with Crippen LogP contribution in [0.5, 0.6) is 0 Å². The Morgan fingerprint density at radius 2 is 2.30 bits per heavy atom. The minimum atomic E-state index is -0.386. The molecule has 0 unspecified atom stereocenters. The molecule has 0 atom stereocenters. The maximum Gasteiger partial charge on any atom is 0.0771 e. The van der Waals surface area contributed by atoms with Gasteiger partial charge in [-0.05, 0) is 19.3 Å². The molecule has 0 bridgehead atoms. The zero-order valence-electron chi connectivity index (χ0n) is 6.27. The van der Waals surface area contributed by atoms with Crippen LogP contribution in [0.25, 0.3) is 0 Å². The smallest absolute Gasteiger partial charge is 0.0771 e. The minimum Gasteiger partial charge on any atom is -0.389 e. The van der Waals surface area contributed by atoms with Crippen LogP contribution in [0.2, 0.25) is 0 Å². The van der Waals surface area contributed by atoms with Gasteiger partial charge in [0.05, 0.1) is 5.60 Å². The van der Waals surface area contributed by atoms with Crippen LogP contribution in [-0.2, 0) is 0 Å². The number of hydrogen-bond donors (Lipinski definition) is 2. The molecule has 1 aliphatic carbocycles. The molecule has 0 radical (unpaired) electrons. The quantitative estimate of drug-likeness (QED) is 0.445. The molecule has 1 aliphatic rings. The first-order valence-electron chi connectivity index (χ1n) is 3.81. The van der Waals surface area contributed by atoms with Crippen molar-refractivity contribution in [2.45, 2.75) is 24.9 Å². The van der Waals surface area contributed by atoms with Crippen LogP contribution in [-0.4, -0.2) is 23.8 Å². The zero-order valence-corrected chi connectivity index (χ0v) is 6.27. The van der Waals surface area contributed by atoms with Gasteiger partial charge in [0.25, 0.3) is 0 Å². The monoisotopic (exact) mass is 141 g/mol. The molecule has 58 valence electrons. The Morgan fingerprint density at radius 1 is 1.60 bits per heavy atom. The van der Waals surface area contributed by atoms with Gasteiger partial charge in [0.15, 0.2) is 0 Å². The second kappa shape index (κ2) is 3.17. The Morgan fingerprint density at radius 3 is 2.70 bits per heavy atom. The lowest BCUT2D eigenvalue weighted by atomic mass is 9.80. The van der Waals surface area contributed by atoms with Gasteiger partial charge in [-0.2, -0.15) is 0 Å². The third-order valence-corrected chi connectivity index (χ3v) is 2.03. The maximum atomic E-state index is 9.54. The fourth-order valence-corrected chi connectivity index (χ4v) is 1.17. The number of nitrogens with one attached hydrogen (secondary N) is 1. The predicted octanol–water partition coefficient (Wildman–Crippen LogP) is 0.677. The van der Waals surface area contributed by atoms with E-state index in [4.69, 9.17) is 0 Å². The van der Waals surface area contributed by atoms with Crippen molar-refractivity contribution >= 4 is 0 Å². The van der Waals surface area contributed by atoms with Crippen molar-refractivity contribution in [1.82, 2.24) is 5.32 Å². The molecule has 0 aliphatic heterocycles. The highest BCUT2D eigenvalue weighted by Gasteiger charge is 2.33. The van der Waals surface area contributed by atoms with Crippen LogP contribution in [0, 0.1) is 0 Å². The third kappa shape index (κ3) is 1.82. The van der Waals surface area contributed by atoms with Crippen LogP contribution in [0.15, 0.2) is 12.7 Å². The van der Waals surface area contributed by atoms with E-state index in [9.17, 15) is 5.11 Å². The fraction of sp³-hybridized carbons (Fsp3) is 0.750. The van der Waals surface area contributed by atoms with Crippen molar-refractivity contribution < 1.29 is 5.11 Å². The fourth-order valence-electron chi connectivity index (χ4n) is 1.17. The summed E-state index contributed by atoms with van der Waals surface area (Å²) in [5.74, 6) is 0. The SMILES string of the molecule is C=CCNCC1(O)CCC1. The summed E-state index contributed by atoms with van der Waals surface area (Å²) in [6.07, 6.45) is 4.89. The molecule has 1 fully saturated rings. The van der Waals surface area contributed by atoms with Gasteiger partial charge in [-0.3, -0.25) is 0 Å². The molecule has 0 aromatic carbocycles. The largest absolute Gasteiger partial charge is 0.389 e. The lowest BCUT2D eigenvalue weighted by Gasteiger charge is -2.36. The summed E-state index contributed by atoms with van der Waals surface area (Å²) in [7, 11) is 0. The van der Waals surface area contributed by atoms with Gasteiger partial charge in [-0.25, -0.2) is 0 Å². The molecule has 0 spiro atoms. The average Bonchev–Trinajstić information content (AvgIpc) is 1.85. The van der Waals surface area contributed by atoms with Crippen molar-refractivity contribution in [2.24, 2.45) is 0 Å². The molecule has 10 heavy (non-hydrogen) atoms. The van der Waals surface area contributed by atoms with Gasteiger partial charge >= 0.3 is 0 Å². The standard InChI is InChI=1S/C8H15NO/c1-2-6-9-7-8(10)4-3-5-8/h2,9-10H,1,3-7H2. The van der Waals surface area contributed by atoms with Crippen LogP contribution >= 0.6 is 0 Å². The van der Waals surface area contributed by atoms with Crippen molar-refractivity contribution in [1.29, 1.82) is 0 Å². The molecular formula is C8H15NO. The van der Waals surface area contributed by atoms with Gasteiger partial charge in [0, 0.05) is 13.1 Å². The number of aliphatic hydroxyl groups is 1. The van der Waals surface area contributed by atoms with Crippen molar-refractivity contribution in [3.05, 3.63) is 12.7 Å². The summed E-state index contributed by atoms with van der Waals surface area (Å²) in [5, 5.41) is 12.6. The van der Waals surface area contributed by atoms with E-state index in [2.05, 4.69) is 11.9 Å². The second-order valence-corrected chi connectivity index (χ2v) is 3.00. The molecule has 0 heterocycles. The minimum absolute atomic E-state index is 0.386. The van der Waals surface area contributed by atoms with Crippen LogP contribution < -0.4 is 5.32 Å². The first kappa shape index (κ1) is 7.76. The Balaban J connectivity index is 2.06. The Kier molecular flexibility index (Phi) is 2.46. The van der Waals surface area contributed by atoms with E-state index in [0.29, 0.717) is 0 Å². The van der Waals surface area contributed by atoms with E-state index < -0.39 is 0 Å². The summed E-state index contributed by atoms with van der Waals surface area (Å²) in [6.45, 7) is 5.10. The normalized spacial score (nSPS) is 21.7. The molecule has 0 saturated heterocycles. The van der Waals surface area contributed by atoms with Crippen LogP contribution in [0.1, 0.15) is 19.3 Å². The molecular weight excluding hydrogens is 126 g/mol. The van der Waals surface area contributed by atoms with Gasteiger partial charge in [0.2, 0.25) is 0 Å². The Labute approximate surface area is 61.9 Å². The summed E-state index contributed by atoms with van der Waals surface area (Å²) in [4.78, 5) is 0. The molecule has 2 nitrogen and oxygen atoms in total. The topological polar surface area (TPSA) is 32.3 Å². The summed E-state index contributed by atoms with van der Waals surface area (Å²) >= 11 is 0. The van der Waals surface area contributed by atoms with E-state index in [1.54, 1.807) is 0 Å². The van der Waals surface area contributed by atoms with Gasteiger partial charge < -0.3 is 10.4 Å². The van der Waals surface area contributed by atoms with E-state index in [-0.39, 0.29) is 5.60 Å². The molecule has 1 saturated carbocycles. The lowest BCUT2D eigenvalue weighted by Crippen LogP contribution is -2.46. The third-order valence-electron chi connectivity index (χ3n) is 2.03. The van der Waals surface area contributed by atoms with E-state index in [0.717, 1.165) is 25.9 Å². The molecule has 1 rings (SSSR count). The van der Waals surface area contributed by atoms with E-state index in [1.807, 2.05) is 6.08 Å². The second-order valence-electron chi connectivity index (χ2n) is 3.00. The van der Waals surface area contributed by atoms with Gasteiger partial charge in [-0.1, -0.05) is 6.08 Å². The molecule has 0 amide bonds. The number of rotatable bonds is 4. The molecule has 2 heteroatoms. The zero-order chi connectivity index (χ0) is 7.45. The lowest BCUT2D eigenvalue weighted by molar-refractivity contribution is -0.0305.